The Kier molecular flexibility index (Phi) is 13.3. The van der Waals surface area contributed by atoms with Crippen LogP contribution in [-0.4, -0.2) is 19.9 Å². The van der Waals surface area contributed by atoms with Gasteiger partial charge in [-0.3, -0.25) is 0 Å². The highest BCUT2D eigenvalue weighted by Gasteiger charge is 2.42. The third kappa shape index (κ3) is 9.97. The number of hydrogen-bond acceptors (Lipinski definition) is 2. The fraction of sp³-hybridized carbons (Fsp3) is 0.277. The summed E-state index contributed by atoms with van der Waals surface area (Å²) in [5.41, 5.74) is -3.65. The second-order valence-electron chi connectivity index (χ2n) is 15.2. The smallest absolute Gasteiger partial charge is 0.416 e. The summed E-state index contributed by atoms with van der Waals surface area (Å²) in [5.74, 6) is 0.446. The van der Waals surface area contributed by atoms with Crippen LogP contribution in [0, 0.1) is 33.6 Å². The Morgan fingerprint density at radius 3 is 1.22 bits per heavy atom. The van der Waals surface area contributed by atoms with Crippen LogP contribution in [-0.2, 0) is 24.7 Å². The van der Waals surface area contributed by atoms with Crippen molar-refractivity contribution in [2.45, 2.75) is 65.0 Å². The number of aryl methyl sites for hydroxylation is 4. The molecule has 2 nitrogen and oxygen atoms in total. The van der Waals surface area contributed by atoms with Gasteiger partial charge in [-0.2, -0.15) is 52.7 Å². The van der Waals surface area contributed by atoms with Crippen LogP contribution in [0.25, 0.3) is 5.57 Å². The number of allylic oxidation sites excluding steroid dienone is 4. The van der Waals surface area contributed by atoms with Crippen LogP contribution in [0.3, 0.4) is 0 Å². The van der Waals surface area contributed by atoms with Gasteiger partial charge in [0.15, 0.2) is 0 Å². The quantitative estimate of drug-likeness (QED) is 0.103. The molecule has 5 aromatic rings. The standard InChI is InChI=1S/C47H40F12O2P2/c1-25-15-34(16-26(2)42(25)60-6)63(35-17-27(3)43(61-7)28(4)18-35)41-14-9-8-11-40(41)39-13-10-12-38(39)29(5)62(36-21-30(44(48,49)50)19-31(22-36)45(51,52)53)37-23-32(46(54,55)56)20-33(24-37)47(57,58)59/h8-24,29,38H,1-7H3/t29-,38?/m1/s1. The molecule has 2 atom stereocenters. The van der Waals surface area contributed by atoms with Crippen molar-refractivity contribution in [2.24, 2.45) is 5.92 Å². The highest BCUT2D eigenvalue weighted by Crippen LogP contribution is 2.52. The van der Waals surface area contributed by atoms with Crippen LogP contribution in [0.4, 0.5) is 52.7 Å². The molecule has 0 aromatic heterocycles. The molecule has 0 N–H and O–H groups in total. The first-order chi connectivity index (χ1) is 29.2. The summed E-state index contributed by atoms with van der Waals surface area (Å²) in [6.45, 7) is 9.04. The van der Waals surface area contributed by atoms with Gasteiger partial charge in [0.2, 0.25) is 0 Å². The Labute approximate surface area is 359 Å². The van der Waals surface area contributed by atoms with Gasteiger partial charge in [0.05, 0.1) is 36.5 Å². The van der Waals surface area contributed by atoms with E-state index < -0.39 is 85.0 Å². The summed E-state index contributed by atoms with van der Waals surface area (Å²) in [5, 5.41) is 1.20. The summed E-state index contributed by atoms with van der Waals surface area (Å²) in [6.07, 6.45) is -16.5. The molecule has 0 saturated carbocycles. The van der Waals surface area contributed by atoms with Crippen LogP contribution in [0.15, 0.2) is 103 Å². The second-order valence-corrected chi connectivity index (χ2v) is 20.0. The van der Waals surface area contributed by atoms with Crippen molar-refractivity contribution in [3.63, 3.8) is 0 Å². The van der Waals surface area contributed by atoms with Crippen LogP contribution >= 0.6 is 15.8 Å². The lowest BCUT2D eigenvalue weighted by Crippen LogP contribution is -2.30. The van der Waals surface area contributed by atoms with E-state index in [0.29, 0.717) is 46.9 Å². The van der Waals surface area contributed by atoms with E-state index >= 15 is 0 Å². The fourth-order valence-electron chi connectivity index (χ4n) is 8.22. The van der Waals surface area contributed by atoms with Gasteiger partial charge >= 0.3 is 24.7 Å². The zero-order chi connectivity index (χ0) is 46.6. The molecule has 1 aliphatic carbocycles. The molecule has 1 aliphatic rings. The molecular weight excluding hydrogens is 886 g/mol. The van der Waals surface area contributed by atoms with E-state index in [4.69, 9.17) is 9.47 Å². The molecule has 63 heavy (non-hydrogen) atoms. The van der Waals surface area contributed by atoms with Gasteiger partial charge in [-0.25, -0.2) is 0 Å². The Balaban J connectivity index is 1.61. The minimum Gasteiger partial charge on any atom is -0.496 e. The minimum absolute atomic E-state index is 0.125. The van der Waals surface area contributed by atoms with E-state index in [9.17, 15) is 52.7 Å². The van der Waals surface area contributed by atoms with Gasteiger partial charge in [0.1, 0.15) is 11.5 Å². The van der Waals surface area contributed by atoms with E-state index in [2.05, 4.69) is 0 Å². The van der Waals surface area contributed by atoms with E-state index in [-0.39, 0.29) is 12.1 Å². The molecule has 0 radical (unpaired) electrons. The molecular formula is C47H40F12O2P2. The lowest BCUT2D eigenvalue weighted by Gasteiger charge is -2.34. The lowest BCUT2D eigenvalue weighted by atomic mass is 9.93. The average Bonchev–Trinajstić information content (AvgIpc) is 3.67. The van der Waals surface area contributed by atoms with Gasteiger partial charge in [-0.05, 0) is 170 Å². The number of ether oxygens (including phenoxy) is 2. The summed E-state index contributed by atoms with van der Waals surface area (Å²) < 4.78 is 183. The minimum atomic E-state index is -5.35. The molecule has 334 valence electrons. The molecule has 0 bridgehead atoms. The van der Waals surface area contributed by atoms with Gasteiger partial charge in [-0.15, -0.1) is 0 Å². The van der Waals surface area contributed by atoms with Crippen LogP contribution in [0.1, 0.15) is 57.0 Å². The van der Waals surface area contributed by atoms with Gasteiger partial charge in [-0.1, -0.05) is 49.4 Å². The molecule has 5 aromatic carbocycles. The molecule has 1 unspecified atom stereocenters. The maximum Gasteiger partial charge on any atom is 0.416 e. The maximum atomic E-state index is 14.3. The first kappa shape index (κ1) is 47.7. The lowest BCUT2D eigenvalue weighted by molar-refractivity contribution is -0.144. The predicted octanol–water partition coefficient (Wildman–Crippen LogP) is 12.9. The topological polar surface area (TPSA) is 18.5 Å². The van der Waals surface area contributed by atoms with Gasteiger partial charge in [0, 0.05) is 5.92 Å². The normalized spacial score (nSPS) is 15.3. The summed E-state index contributed by atoms with van der Waals surface area (Å²) in [7, 11) is -1.20. The Hall–Kier alpha value is -4.80. The van der Waals surface area contributed by atoms with E-state index in [1.54, 1.807) is 44.6 Å². The molecule has 0 saturated heterocycles. The SMILES string of the molecule is COc1c(C)cc(P(c2cc(C)c(OC)c(C)c2)c2ccccc2C2=CC=CC2[C@@H](C)P(c2cc(C(F)(F)F)cc(C(F)(F)F)c2)c2cc(C(F)(F)F)cc(C(F)(F)F)c2)cc1C. The van der Waals surface area contributed by atoms with E-state index in [1.165, 1.54) is 6.92 Å². The van der Waals surface area contributed by atoms with Crippen LogP contribution in [0.5, 0.6) is 11.5 Å². The maximum absolute atomic E-state index is 14.3. The molecule has 0 fully saturated rings. The highest BCUT2D eigenvalue weighted by atomic mass is 31.1. The second kappa shape index (κ2) is 17.6. The van der Waals surface area contributed by atoms with Crippen molar-refractivity contribution in [2.75, 3.05) is 14.2 Å². The van der Waals surface area contributed by atoms with Crippen molar-refractivity contribution in [1.82, 2.24) is 0 Å². The van der Waals surface area contributed by atoms with Crippen LogP contribution in [0.2, 0.25) is 0 Å². The zero-order valence-electron chi connectivity index (χ0n) is 34.7. The van der Waals surface area contributed by atoms with E-state index in [0.717, 1.165) is 38.2 Å². The first-order valence-electron chi connectivity index (χ1n) is 19.2. The number of benzene rings is 5. The Bertz CT molecular complexity index is 2340. The Morgan fingerprint density at radius 1 is 0.508 bits per heavy atom. The number of halogens is 12. The number of hydrogen-bond donors (Lipinski definition) is 0. The van der Waals surface area contributed by atoms with Crippen molar-refractivity contribution in [1.29, 1.82) is 0 Å². The number of alkyl halides is 12. The summed E-state index contributed by atoms with van der Waals surface area (Å²) >= 11 is 0. The van der Waals surface area contributed by atoms with Crippen molar-refractivity contribution < 1.29 is 62.2 Å². The zero-order valence-corrected chi connectivity index (χ0v) is 36.5. The van der Waals surface area contributed by atoms with E-state index in [1.807, 2.05) is 64.1 Å². The molecule has 0 spiro atoms. The summed E-state index contributed by atoms with van der Waals surface area (Å²) in [4.78, 5) is 0. The monoisotopic (exact) mass is 926 g/mol. The van der Waals surface area contributed by atoms with Gasteiger partial charge < -0.3 is 9.47 Å². The van der Waals surface area contributed by atoms with Gasteiger partial charge in [0.25, 0.3) is 0 Å². The molecule has 0 aliphatic heterocycles. The molecule has 6 rings (SSSR count). The molecule has 16 heteroatoms. The first-order valence-corrected chi connectivity index (χ1v) is 22.0. The number of methoxy groups -OCH3 is 2. The summed E-state index contributed by atoms with van der Waals surface area (Å²) in [6, 6.07) is 16.6. The predicted molar refractivity (Wildman–Crippen MR) is 226 cm³/mol. The molecule has 0 heterocycles. The van der Waals surface area contributed by atoms with Crippen LogP contribution < -0.4 is 36.0 Å². The largest absolute Gasteiger partial charge is 0.496 e. The van der Waals surface area contributed by atoms with Crippen molar-refractivity contribution in [3.8, 4) is 11.5 Å². The fourth-order valence-corrected chi connectivity index (χ4v) is 14.0. The van der Waals surface area contributed by atoms with Crippen molar-refractivity contribution >= 4 is 47.9 Å². The average molecular weight is 927 g/mol. The van der Waals surface area contributed by atoms with Crippen molar-refractivity contribution in [3.05, 3.63) is 153 Å². The third-order valence-electron chi connectivity index (χ3n) is 10.9. The third-order valence-corrected chi connectivity index (χ3v) is 16.0. The highest BCUT2D eigenvalue weighted by molar-refractivity contribution is 7.80. The number of rotatable bonds is 10. The molecule has 0 amide bonds. The Morgan fingerprint density at radius 2 is 0.873 bits per heavy atom.